The van der Waals surface area contributed by atoms with Gasteiger partial charge in [-0.25, -0.2) is 0 Å². The van der Waals surface area contributed by atoms with E-state index < -0.39 is 0 Å². The largest absolute Gasteiger partial charge is 0.458 e. The number of rotatable bonds is 7. The lowest BCUT2D eigenvalue weighted by Gasteiger charge is -2.36. The monoisotopic (exact) mass is 844 g/mol. The topological polar surface area (TPSA) is 45.7 Å². The van der Waals surface area contributed by atoms with Crippen molar-refractivity contribution in [3.05, 3.63) is 219 Å². The molecular weight excluding hydrogens is 806 g/mol. The number of para-hydroxylation sites is 6. The number of hydrogen-bond donors (Lipinski definition) is 1. The second kappa shape index (κ2) is 14.5. The van der Waals surface area contributed by atoms with E-state index in [0.717, 1.165) is 90.2 Å². The average molecular weight is 845 g/mol. The van der Waals surface area contributed by atoms with Crippen LogP contribution in [-0.4, -0.2) is 23.6 Å². The SMILES string of the molecule is B1c2cc3c(cc2Oc2cc(N(c4ccccc4)c4ccccc4)cc(-c4cccc5cc[nH]c45)c21)Oc1cc(N(c2ccccc2)c2ccccc2)cc2c1B3n1ccc3cccc-2c31. The molecule has 0 radical (unpaired) electrons. The van der Waals surface area contributed by atoms with Gasteiger partial charge >= 0.3 is 6.85 Å². The van der Waals surface area contributed by atoms with Crippen LogP contribution in [0, 0.1) is 0 Å². The minimum absolute atomic E-state index is 0.103. The summed E-state index contributed by atoms with van der Waals surface area (Å²) in [6, 6.07) is 73.5. The molecule has 0 unspecified atom stereocenters. The van der Waals surface area contributed by atoms with E-state index in [1.54, 1.807) is 0 Å². The van der Waals surface area contributed by atoms with Gasteiger partial charge in [-0.2, -0.15) is 0 Å². The minimum Gasteiger partial charge on any atom is -0.458 e. The summed E-state index contributed by atoms with van der Waals surface area (Å²) in [5.41, 5.74) is 17.9. The number of aromatic nitrogens is 2. The molecule has 0 spiro atoms. The van der Waals surface area contributed by atoms with Gasteiger partial charge in [-0.3, -0.25) is 0 Å². The predicted octanol–water partition coefficient (Wildman–Crippen LogP) is 12.0. The molecule has 0 saturated carbocycles. The van der Waals surface area contributed by atoms with Gasteiger partial charge in [0.2, 0.25) is 7.28 Å². The maximum absolute atomic E-state index is 7.21. The summed E-state index contributed by atoms with van der Waals surface area (Å²) in [4.78, 5) is 8.20. The van der Waals surface area contributed by atoms with Crippen molar-refractivity contribution in [1.29, 1.82) is 0 Å². The number of hydrogen-bond acceptors (Lipinski definition) is 4. The Hall–Kier alpha value is -8.61. The number of H-pyrrole nitrogens is 1. The highest BCUT2D eigenvalue weighted by molar-refractivity contribution is 6.88. The van der Waals surface area contributed by atoms with E-state index in [1.165, 1.54) is 32.9 Å². The highest BCUT2D eigenvalue weighted by Gasteiger charge is 2.42. The molecule has 0 aliphatic carbocycles. The molecule has 3 aliphatic rings. The predicted molar refractivity (Wildman–Crippen MR) is 274 cm³/mol. The number of anilines is 6. The van der Waals surface area contributed by atoms with Crippen LogP contribution in [0.3, 0.4) is 0 Å². The van der Waals surface area contributed by atoms with Crippen molar-refractivity contribution in [3.63, 3.8) is 0 Å². The average Bonchev–Trinajstić information content (AvgIpc) is 4.04. The molecule has 14 rings (SSSR count). The Morgan fingerprint density at radius 1 is 0.439 bits per heavy atom. The Balaban J connectivity index is 0.959. The molecular formula is C58H38B2N4O2. The number of fused-ring (bicyclic) bond motifs is 7. The Bertz CT molecular complexity index is 3630. The first-order valence-corrected chi connectivity index (χ1v) is 22.6. The summed E-state index contributed by atoms with van der Waals surface area (Å²) in [5, 5.41) is 2.39. The van der Waals surface area contributed by atoms with Gasteiger partial charge < -0.3 is 28.7 Å². The zero-order valence-electron chi connectivity index (χ0n) is 35.7. The molecule has 11 aromatic rings. The number of nitrogens with zero attached hydrogens (tertiary/aromatic N) is 3. The third-order valence-electron chi connectivity index (χ3n) is 13.6. The lowest BCUT2D eigenvalue weighted by Crippen LogP contribution is -2.55. The van der Waals surface area contributed by atoms with Crippen molar-refractivity contribution >= 4 is 91.9 Å². The molecule has 0 saturated heterocycles. The van der Waals surface area contributed by atoms with Gasteiger partial charge in [0.1, 0.15) is 23.0 Å². The summed E-state index contributed by atoms with van der Waals surface area (Å²) in [6.45, 7) is -0.103. The number of nitrogens with one attached hydrogen (secondary N) is 1. The lowest BCUT2D eigenvalue weighted by atomic mass is 9.45. The van der Waals surface area contributed by atoms with Crippen LogP contribution < -0.4 is 41.1 Å². The van der Waals surface area contributed by atoms with Gasteiger partial charge in [0.25, 0.3) is 0 Å². The van der Waals surface area contributed by atoms with Crippen LogP contribution >= 0.6 is 0 Å². The van der Waals surface area contributed by atoms with E-state index in [4.69, 9.17) is 9.47 Å². The van der Waals surface area contributed by atoms with Crippen LogP contribution in [-0.2, 0) is 0 Å². The Morgan fingerprint density at radius 3 is 1.67 bits per heavy atom. The molecule has 0 bridgehead atoms. The van der Waals surface area contributed by atoms with Gasteiger partial charge in [0.05, 0.1) is 16.9 Å². The third-order valence-corrected chi connectivity index (χ3v) is 13.6. The number of aromatic amines is 1. The van der Waals surface area contributed by atoms with E-state index in [1.807, 2.05) is 6.20 Å². The Morgan fingerprint density at radius 2 is 1.02 bits per heavy atom. The molecule has 0 fully saturated rings. The first-order valence-electron chi connectivity index (χ1n) is 22.6. The fraction of sp³-hybridized carbons (Fsp3) is 0. The summed E-state index contributed by atoms with van der Waals surface area (Å²) >= 11 is 0. The highest BCUT2D eigenvalue weighted by Crippen LogP contribution is 2.46. The first-order chi connectivity index (χ1) is 32.7. The van der Waals surface area contributed by atoms with E-state index in [2.05, 4.69) is 232 Å². The molecule has 5 heterocycles. The van der Waals surface area contributed by atoms with E-state index >= 15 is 0 Å². The Kier molecular flexibility index (Phi) is 8.07. The maximum atomic E-state index is 7.21. The summed E-state index contributed by atoms with van der Waals surface area (Å²) < 4.78 is 16.9. The van der Waals surface area contributed by atoms with Gasteiger partial charge in [0, 0.05) is 69.3 Å². The molecule has 2 aromatic heterocycles. The number of benzene rings is 9. The van der Waals surface area contributed by atoms with Crippen LogP contribution in [0.1, 0.15) is 0 Å². The van der Waals surface area contributed by atoms with Gasteiger partial charge in [-0.05, 0) is 117 Å². The molecule has 0 amide bonds. The van der Waals surface area contributed by atoms with Crippen LogP contribution in [0.15, 0.2) is 219 Å². The molecule has 1 N–H and O–H groups in total. The second-order valence-corrected chi connectivity index (χ2v) is 17.4. The molecule has 308 valence electrons. The molecule has 66 heavy (non-hydrogen) atoms. The van der Waals surface area contributed by atoms with E-state index in [-0.39, 0.29) is 6.85 Å². The molecule has 0 atom stereocenters. The van der Waals surface area contributed by atoms with Gasteiger partial charge in [-0.15, -0.1) is 0 Å². The summed E-state index contributed by atoms with van der Waals surface area (Å²) in [5.74, 6) is 3.27. The van der Waals surface area contributed by atoms with Crippen molar-refractivity contribution in [3.8, 4) is 45.3 Å². The van der Waals surface area contributed by atoms with E-state index in [0.29, 0.717) is 7.28 Å². The molecule has 9 aromatic carbocycles. The van der Waals surface area contributed by atoms with Crippen LogP contribution in [0.4, 0.5) is 34.1 Å². The standard InChI is InChI=1S/C58H38B2N4O2/c1-5-17-39(18-6-1)63(40-19-7-2-8-20-40)43-31-47(45-25-13-15-37-27-29-61-57(37)45)55-53(33-43)65-51-36-52-50(35-49(51)59-55)60-56-48(46-26-14-16-38-28-30-62(60)58(38)46)32-44(34-54(56)66-52)64(41-21-9-3-10-22-41)42-23-11-4-12-24-42/h1-36,59,61H. The molecule has 3 aliphatic heterocycles. The summed E-state index contributed by atoms with van der Waals surface area (Å²) in [7, 11) is 0.688. The maximum Gasteiger partial charge on any atom is 0.335 e. The molecule has 6 nitrogen and oxygen atoms in total. The fourth-order valence-corrected chi connectivity index (χ4v) is 10.8. The molecule has 8 heteroatoms. The normalized spacial score (nSPS) is 12.6. The zero-order valence-corrected chi connectivity index (χ0v) is 35.7. The lowest BCUT2D eigenvalue weighted by molar-refractivity contribution is 0.466. The Labute approximate surface area is 382 Å². The fourth-order valence-electron chi connectivity index (χ4n) is 10.8. The zero-order chi connectivity index (χ0) is 43.3. The van der Waals surface area contributed by atoms with Crippen LogP contribution in [0.2, 0.25) is 0 Å². The number of ether oxygens (including phenoxy) is 2. The smallest absolute Gasteiger partial charge is 0.335 e. The van der Waals surface area contributed by atoms with Crippen molar-refractivity contribution in [2.24, 2.45) is 0 Å². The van der Waals surface area contributed by atoms with Crippen molar-refractivity contribution in [2.45, 2.75) is 0 Å². The third kappa shape index (κ3) is 5.64. The second-order valence-electron chi connectivity index (χ2n) is 17.4. The first kappa shape index (κ1) is 36.8. The van der Waals surface area contributed by atoms with Crippen LogP contribution in [0.25, 0.3) is 44.1 Å². The van der Waals surface area contributed by atoms with E-state index in [9.17, 15) is 0 Å². The van der Waals surface area contributed by atoms with Gasteiger partial charge in [0.15, 0.2) is 0 Å². The van der Waals surface area contributed by atoms with Crippen molar-refractivity contribution in [2.75, 3.05) is 9.80 Å². The van der Waals surface area contributed by atoms with Crippen molar-refractivity contribution in [1.82, 2.24) is 9.46 Å². The minimum atomic E-state index is -0.103. The van der Waals surface area contributed by atoms with Crippen LogP contribution in [0.5, 0.6) is 23.0 Å². The van der Waals surface area contributed by atoms with Crippen molar-refractivity contribution < 1.29 is 9.47 Å². The highest BCUT2D eigenvalue weighted by atomic mass is 16.5. The quantitative estimate of drug-likeness (QED) is 0.162. The van der Waals surface area contributed by atoms with Gasteiger partial charge in [-0.1, -0.05) is 115 Å². The summed E-state index contributed by atoms with van der Waals surface area (Å²) in [6.07, 6.45) is 4.28.